The maximum Gasteiger partial charge on any atom is 0.288 e. The van der Waals surface area contributed by atoms with Crippen molar-refractivity contribution in [2.24, 2.45) is 5.92 Å². The first-order valence-electron chi connectivity index (χ1n) is 6.50. The largest absolute Gasteiger partial charge is 0.352 e. The van der Waals surface area contributed by atoms with Gasteiger partial charge in [-0.05, 0) is 12.3 Å². The van der Waals surface area contributed by atoms with Crippen LogP contribution in [-0.2, 0) is 0 Å². The lowest BCUT2D eigenvalue weighted by Crippen LogP contribution is -2.25. The molecule has 0 aliphatic rings. The van der Waals surface area contributed by atoms with Crippen LogP contribution in [0.5, 0.6) is 0 Å². The Labute approximate surface area is 122 Å². The molecular weight excluding hydrogens is 282 g/mol. The second-order valence-electron chi connectivity index (χ2n) is 4.93. The highest BCUT2D eigenvalue weighted by Crippen LogP contribution is 2.18. The lowest BCUT2D eigenvalue weighted by molar-refractivity contribution is -0.385. The van der Waals surface area contributed by atoms with Crippen LogP contribution in [0.1, 0.15) is 43.5 Å². The normalized spacial score (nSPS) is 10.6. The Bertz CT molecular complexity index is 492. The van der Waals surface area contributed by atoms with Crippen molar-refractivity contribution in [2.45, 2.75) is 33.1 Å². The Morgan fingerprint density at radius 3 is 2.80 bits per heavy atom. The predicted molar refractivity (Wildman–Crippen MR) is 76.9 cm³/mol. The van der Waals surface area contributed by atoms with Crippen molar-refractivity contribution < 1.29 is 9.72 Å². The Morgan fingerprint density at radius 2 is 2.20 bits per heavy atom. The van der Waals surface area contributed by atoms with Crippen LogP contribution in [0.15, 0.2) is 12.3 Å². The zero-order valence-electron chi connectivity index (χ0n) is 11.6. The smallest absolute Gasteiger partial charge is 0.288 e. The Kier molecular flexibility index (Phi) is 6.38. The van der Waals surface area contributed by atoms with E-state index in [2.05, 4.69) is 24.1 Å². The van der Waals surface area contributed by atoms with Crippen LogP contribution in [0.4, 0.5) is 5.69 Å². The molecule has 1 N–H and O–H groups in total. The molecule has 0 atom stereocenters. The number of aromatic nitrogens is 1. The number of hydrogen-bond donors (Lipinski definition) is 1. The molecule has 0 saturated carbocycles. The lowest BCUT2D eigenvalue weighted by atomic mass is 10.1. The Morgan fingerprint density at radius 1 is 1.50 bits per heavy atom. The van der Waals surface area contributed by atoms with Crippen molar-refractivity contribution in [3.05, 3.63) is 33.1 Å². The van der Waals surface area contributed by atoms with Gasteiger partial charge in [-0.15, -0.1) is 0 Å². The fourth-order valence-corrected chi connectivity index (χ4v) is 1.86. The van der Waals surface area contributed by atoms with E-state index in [0.29, 0.717) is 12.5 Å². The molecule has 110 valence electrons. The van der Waals surface area contributed by atoms with E-state index in [-0.39, 0.29) is 16.4 Å². The van der Waals surface area contributed by atoms with Crippen molar-refractivity contribution in [3.8, 4) is 0 Å². The molecule has 1 amide bonds. The maximum absolute atomic E-state index is 11.9. The number of nitrogens with one attached hydrogen (secondary N) is 1. The zero-order chi connectivity index (χ0) is 15.1. The predicted octanol–water partition coefficient (Wildman–Crippen LogP) is 3.20. The van der Waals surface area contributed by atoms with Crippen molar-refractivity contribution >= 4 is 23.2 Å². The summed E-state index contributed by atoms with van der Waals surface area (Å²) in [5.74, 6) is 0.205. The van der Waals surface area contributed by atoms with Gasteiger partial charge in [0.15, 0.2) is 0 Å². The van der Waals surface area contributed by atoms with Gasteiger partial charge in [0.05, 0.1) is 10.5 Å². The van der Waals surface area contributed by atoms with Gasteiger partial charge in [-0.3, -0.25) is 14.9 Å². The van der Waals surface area contributed by atoms with E-state index in [1.165, 1.54) is 0 Å². The van der Waals surface area contributed by atoms with Gasteiger partial charge in [-0.2, -0.15) is 0 Å². The fraction of sp³-hybridized carbons (Fsp3) is 0.538. The molecule has 0 unspecified atom stereocenters. The molecule has 1 heterocycles. The number of rotatable bonds is 7. The summed E-state index contributed by atoms with van der Waals surface area (Å²) in [6.45, 7) is 4.81. The number of carbonyl (C=O) groups is 1. The van der Waals surface area contributed by atoms with Gasteiger partial charge < -0.3 is 5.32 Å². The summed E-state index contributed by atoms with van der Waals surface area (Å²) in [7, 11) is 0. The topological polar surface area (TPSA) is 85.1 Å². The summed E-state index contributed by atoms with van der Waals surface area (Å²) in [6, 6.07) is 1.14. The summed E-state index contributed by atoms with van der Waals surface area (Å²) < 4.78 is 0. The third-order valence-electron chi connectivity index (χ3n) is 2.77. The second-order valence-corrected chi connectivity index (χ2v) is 5.29. The van der Waals surface area contributed by atoms with Crippen molar-refractivity contribution in [2.75, 3.05) is 6.54 Å². The summed E-state index contributed by atoms with van der Waals surface area (Å²) in [5, 5.41) is 13.3. The highest BCUT2D eigenvalue weighted by Gasteiger charge is 2.16. The van der Waals surface area contributed by atoms with E-state index in [1.54, 1.807) is 0 Å². The van der Waals surface area contributed by atoms with Crippen LogP contribution in [-0.4, -0.2) is 22.4 Å². The van der Waals surface area contributed by atoms with Gasteiger partial charge in [0.1, 0.15) is 11.3 Å². The van der Waals surface area contributed by atoms with Crippen molar-refractivity contribution in [1.82, 2.24) is 10.3 Å². The van der Waals surface area contributed by atoms with Crippen LogP contribution >= 0.6 is 11.6 Å². The first kappa shape index (κ1) is 16.4. The number of carbonyl (C=O) groups excluding carboxylic acids is 1. The third-order valence-corrected chi connectivity index (χ3v) is 3.08. The molecule has 0 bridgehead atoms. The van der Waals surface area contributed by atoms with Crippen LogP contribution in [0, 0.1) is 16.0 Å². The van der Waals surface area contributed by atoms with E-state index in [4.69, 9.17) is 11.6 Å². The van der Waals surface area contributed by atoms with Crippen LogP contribution in [0.2, 0.25) is 5.15 Å². The first-order chi connectivity index (χ1) is 9.41. The summed E-state index contributed by atoms with van der Waals surface area (Å²) >= 11 is 5.78. The third kappa shape index (κ3) is 5.13. The average molecular weight is 300 g/mol. The number of nitro groups is 1. The first-order valence-corrected chi connectivity index (χ1v) is 6.87. The van der Waals surface area contributed by atoms with E-state index in [1.807, 2.05) is 0 Å². The SMILES string of the molecule is CC(C)CCCCNC(=O)c1cc([N+](=O)[O-])cnc1Cl. The van der Waals surface area contributed by atoms with Gasteiger partial charge in [-0.25, -0.2) is 4.98 Å². The van der Waals surface area contributed by atoms with Crippen molar-refractivity contribution in [3.63, 3.8) is 0 Å². The molecule has 1 rings (SSSR count). The van der Waals surface area contributed by atoms with E-state index in [9.17, 15) is 14.9 Å². The minimum atomic E-state index is -0.608. The number of nitrogens with zero attached hydrogens (tertiary/aromatic N) is 2. The highest BCUT2D eigenvalue weighted by molar-refractivity contribution is 6.32. The highest BCUT2D eigenvalue weighted by atomic mass is 35.5. The molecule has 0 aliphatic heterocycles. The maximum atomic E-state index is 11.9. The molecule has 0 saturated heterocycles. The van der Waals surface area contributed by atoms with Gasteiger partial charge >= 0.3 is 0 Å². The van der Waals surface area contributed by atoms with Gasteiger partial charge in [0.25, 0.3) is 11.6 Å². The van der Waals surface area contributed by atoms with E-state index in [0.717, 1.165) is 31.5 Å². The van der Waals surface area contributed by atoms with Gasteiger partial charge in [-0.1, -0.05) is 38.3 Å². The molecule has 0 spiro atoms. The fourth-order valence-electron chi connectivity index (χ4n) is 1.67. The summed E-state index contributed by atoms with van der Waals surface area (Å²) in [4.78, 5) is 25.6. The number of halogens is 1. The molecule has 20 heavy (non-hydrogen) atoms. The molecule has 1 aromatic rings. The number of amides is 1. The number of hydrogen-bond acceptors (Lipinski definition) is 4. The molecule has 6 nitrogen and oxygen atoms in total. The van der Waals surface area contributed by atoms with Gasteiger partial charge in [0, 0.05) is 12.6 Å². The van der Waals surface area contributed by atoms with Crippen LogP contribution in [0.25, 0.3) is 0 Å². The minimum absolute atomic E-state index is 0.0321. The zero-order valence-corrected chi connectivity index (χ0v) is 12.3. The molecule has 1 aromatic heterocycles. The average Bonchev–Trinajstić information content (AvgIpc) is 2.37. The summed E-state index contributed by atoms with van der Waals surface area (Å²) in [6.07, 6.45) is 4.03. The van der Waals surface area contributed by atoms with Crippen LogP contribution in [0.3, 0.4) is 0 Å². The van der Waals surface area contributed by atoms with E-state index < -0.39 is 10.8 Å². The van der Waals surface area contributed by atoms with Crippen LogP contribution < -0.4 is 5.32 Å². The standard InChI is InChI=1S/C13H18ClN3O3/c1-9(2)5-3-4-6-15-13(18)11-7-10(17(19)20)8-16-12(11)14/h7-9H,3-6H2,1-2H3,(H,15,18). The molecule has 0 aromatic carbocycles. The van der Waals surface area contributed by atoms with Crippen molar-refractivity contribution in [1.29, 1.82) is 0 Å². The van der Waals surface area contributed by atoms with Gasteiger partial charge in [0.2, 0.25) is 0 Å². The molecule has 0 radical (unpaired) electrons. The minimum Gasteiger partial charge on any atom is -0.352 e. The summed E-state index contributed by atoms with van der Waals surface area (Å²) in [5.41, 5.74) is -0.218. The second kappa shape index (κ2) is 7.79. The lowest BCUT2D eigenvalue weighted by Gasteiger charge is -2.07. The number of unbranched alkanes of at least 4 members (excludes halogenated alkanes) is 1. The van der Waals surface area contributed by atoms with E-state index >= 15 is 0 Å². The number of pyridine rings is 1. The molecule has 0 aliphatic carbocycles. The molecule has 0 fully saturated rings. The Hall–Kier alpha value is -1.69. The quantitative estimate of drug-likeness (QED) is 0.362. The molecular formula is C13H18ClN3O3. The Balaban J connectivity index is 2.55. The molecule has 7 heteroatoms. The monoisotopic (exact) mass is 299 g/mol.